The fraction of sp³-hybridized carbons (Fsp3) is 0.250. The van der Waals surface area contributed by atoms with E-state index in [-0.39, 0.29) is 11.9 Å². The zero-order valence-corrected chi connectivity index (χ0v) is 12.5. The molecule has 1 fully saturated rings. The van der Waals surface area contributed by atoms with Gasteiger partial charge in [0.1, 0.15) is 18.2 Å². The summed E-state index contributed by atoms with van der Waals surface area (Å²) in [7, 11) is 0. The molecule has 1 aliphatic rings. The van der Waals surface area contributed by atoms with Gasteiger partial charge in [0.05, 0.1) is 17.3 Å². The first-order chi connectivity index (χ1) is 11.3. The first-order valence-corrected chi connectivity index (χ1v) is 7.56. The van der Waals surface area contributed by atoms with Gasteiger partial charge in [-0.1, -0.05) is 18.2 Å². The Hall–Kier alpha value is -2.96. The molecule has 3 heterocycles. The number of aromatic nitrogens is 4. The zero-order chi connectivity index (χ0) is 15.8. The number of hydrogen-bond acceptors (Lipinski definition) is 5. The number of benzene rings is 1. The normalized spacial score (nSPS) is 17.7. The molecule has 0 spiro atoms. The van der Waals surface area contributed by atoms with Crippen molar-refractivity contribution in [2.75, 3.05) is 11.4 Å². The lowest BCUT2D eigenvalue weighted by molar-refractivity contribution is -0.119. The molecule has 1 aromatic carbocycles. The number of carbonyl (C=O) groups excluding carboxylic acids is 1. The summed E-state index contributed by atoms with van der Waals surface area (Å²) in [4.78, 5) is 22.4. The van der Waals surface area contributed by atoms with Gasteiger partial charge in [-0.3, -0.25) is 4.79 Å². The summed E-state index contributed by atoms with van der Waals surface area (Å²) in [6, 6.07) is 9.49. The second kappa shape index (κ2) is 5.35. The second-order valence-electron chi connectivity index (χ2n) is 5.58. The zero-order valence-electron chi connectivity index (χ0n) is 12.5. The van der Waals surface area contributed by atoms with Crippen LogP contribution in [0.2, 0.25) is 0 Å². The lowest BCUT2D eigenvalue weighted by atomic mass is 10.2. The van der Waals surface area contributed by atoms with Gasteiger partial charge in [-0.2, -0.15) is 5.10 Å². The Labute approximate surface area is 132 Å². The predicted octanol–water partition coefficient (Wildman–Crippen LogP) is 1.27. The van der Waals surface area contributed by atoms with E-state index < -0.39 is 0 Å². The number of nitrogens with zero attached hydrogens (tertiary/aromatic N) is 5. The quantitative estimate of drug-likeness (QED) is 0.787. The fourth-order valence-electron chi connectivity index (χ4n) is 3.13. The molecule has 1 atom stereocenters. The molecule has 4 rings (SSSR count). The molecule has 7 nitrogen and oxygen atoms in total. The smallest absolute Gasteiger partial charge is 0.240 e. The van der Waals surface area contributed by atoms with Crippen LogP contribution >= 0.6 is 0 Å². The molecule has 0 unspecified atom stereocenters. The van der Waals surface area contributed by atoms with Crippen molar-refractivity contribution in [1.29, 1.82) is 0 Å². The number of carbonyl (C=O) groups is 1. The van der Waals surface area contributed by atoms with Gasteiger partial charge in [0.2, 0.25) is 5.91 Å². The van der Waals surface area contributed by atoms with E-state index in [0.717, 1.165) is 41.9 Å². The Bertz CT molecular complexity index is 859. The first kappa shape index (κ1) is 13.7. The average Bonchev–Trinajstić information content (AvgIpc) is 3.22. The van der Waals surface area contributed by atoms with E-state index in [2.05, 4.69) is 15.1 Å². The van der Waals surface area contributed by atoms with Gasteiger partial charge in [0.25, 0.3) is 0 Å². The van der Waals surface area contributed by atoms with Gasteiger partial charge in [0, 0.05) is 6.54 Å². The molecule has 116 valence electrons. The number of hydrogen-bond donors (Lipinski definition) is 1. The summed E-state index contributed by atoms with van der Waals surface area (Å²) < 4.78 is 1.77. The minimum atomic E-state index is -0.315. The van der Waals surface area contributed by atoms with Crippen LogP contribution in [0.15, 0.2) is 42.9 Å². The third kappa shape index (κ3) is 2.21. The Balaban J connectivity index is 1.84. The van der Waals surface area contributed by atoms with E-state index in [4.69, 9.17) is 5.73 Å². The molecule has 3 aromatic rings. The maximum absolute atomic E-state index is 11.7. The predicted molar refractivity (Wildman–Crippen MR) is 86.2 cm³/mol. The highest BCUT2D eigenvalue weighted by atomic mass is 16.1. The highest BCUT2D eigenvalue weighted by Crippen LogP contribution is 2.30. The summed E-state index contributed by atoms with van der Waals surface area (Å²) in [5.41, 5.74) is 7.17. The molecular weight excluding hydrogens is 292 g/mol. The number of amides is 1. The van der Waals surface area contributed by atoms with Crippen LogP contribution in [0.1, 0.15) is 12.8 Å². The van der Waals surface area contributed by atoms with Crippen LogP contribution in [0.5, 0.6) is 0 Å². The lowest BCUT2D eigenvalue weighted by Crippen LogP contribution is -2.40. The number of para-hydroxylation sites is 1. The van der Waals surface area contributed by atoms with Gasteiger partial charge in [-0.15, -0.1) is 0 Å². The van der Waals surface area contributed by atoms with E-state index in [9.17, 15) is 4.79 Å². The van der Waals surface area contributed by atoms with Crippen LogP contribution < -0.4 is 10.6 Å². The third-order valence-electron chi connectivity index (χ3n) is 4.20. The maximum atomic E-state index is 11.7. The van der Waals surface area contributed by atoms with Crippen LogP contribution in [0.25, 0.3) is 16.7 Å². The van der Waals surface area contributed by atoms with Crippen molar-refractivity contribution in [2.45, 2.75) is 18.9 Å². The van der Waals surface area contributed by atoms with Crippen molar-refractivity contribution >= 4 is 22.8 Å². The van der Waals surface area contributed by atoms with Crippen molar-refractivity contribution in [3.8, 4) is 5.69 Å². The van der Waals surface area contributed by atoms with Crippen LogP contribution in [0.4, 0.5) is 5.82 Å². The van der Waals surface area contributed by atoms with Gasteiger partial charge < -0.3 is 10.6 Å². The van der Waals surface area contributed by atoms with Crippen LogP contribution in [0, 0.1) is 0 Å². The molecule has 2 aromatic heterocycles. The van der Waals surface area contributed by atoms with Crippen molar-refractivity contribution in [2.24, 2.45) is 5.73 Å². The van der Waals surface area contributed by atoms with Crippen molar-refractivity contribution in [1.82, 2.24) is 19.7 Å². The largest absolute Gasteiger partial charge is 0.368 e. The van der Waals surface area contributed by atoms with Gasteiger partial charge in [-0.05, 0) is 25.0 Å². The lowest BCUT2D eigenvalue weighted by Gasteiger charge is -2.23. The van der Waals surface area contributed by atoms with Crippen LogP contribution in [-0.2, 0) is 4.79 Å². The Morgan fingerprint density at radius 3 is 2.83 bits per heavy atom. The van der Waals surface area contributed by atoms with Crippen molar-refractivity contribution in [3.63, 3.8) is 0 Å². The highest BCUT2D eigenvalue weighted by Gasteiger charge is 2.31. The summed E-state index contributed by atoms with van der Waals surface area (Å²) in [6.07, 6.45) is 4.93. The minimum absolute atomic E-state index is 0.312. The minimum Gasteiger partial charge on any atom is -0.368 e. The van der Waals surface area contributed by atoms with E-state index >= 15 is 0 Å². The molecule has 0 bridgehead atoms. The fourth-order valence-corrected chi connectivity index (χ4v) is 3.13. The molecule has 0 aliphatic carbocycles. The molecule has 1 amide bonds. The summed E-state index contributed by atoms with van der Waals surface area (Å²) in [5.74, 6) is 0.406. The number of rotatable bonds is 3. The standard InChI is InChI=1S/C16H16N6O/c17-14(23)13-7-4-8-21(13)15-12-9-20-22(16(12)19-10-18-15)11-5-2-1-3-6-11/h1-3,5-6,9-10,13H,4,7-8H2,(H2,17,23)/t13-/m1/s1. The summed E-state index contributed by atoms with van der Waals surface area (Å²) in [5, 5.41) is 5.26. The third-order valence-corrected chi connectivity index (χ3v) is 4.20. The summed E-state index contributed by atoms with van der Waals surface area (Å²) >= 11 is 0. The molecular formula is C16H16N6O. The molecule has 0 radical (unpaired) electrons. The number of fused-ring (bicyclic) bond motifs is 1. The molecule has 7 heteroatoms. The highest BCUT2D eigenvalue weighted by molar-refractivity contribution is 5.91. The Morgan fingerprint density at radius 1 is 1.22 bits per heavy atom. The SMILES string of the molecule is NC(=O)[C@H]1CCCN1c1ncnc2c1cnn2-c1ccccc1. The molecule has 1 saturated heterocycles. The molecule has 2 N–H and O–H groups in total. The number of primary amides is 1. The molecule has 0 saturated carbocycles. The van der Waals surface area contributed by atoms with E-state index in [1.807, 2.05) is 35.2 Å². The van der Waals surface area contributed by atoms with E-state index in [1.54, 1.807) is 10.9 Å². The first-order valence-electron chi connectivity index (χ1n) is 7.56. The van der Waals surface area contributed by atoms with Crippen molar-refractivity contribution < 1.29 is 4.79 Å². The monoisotopic (exact) mass is 308 g/mol. The van der Waals surface area contributed by atoms with Gasteiger partial charge >= 0.3 is 0 Å². The Morgan fingerprint density at radius 2 is 2.04 bits per heavy atom. The summed E-state index contributed by atoms with van der Waals surface area (Å²) in [6.45, 7) is 0.760. The van der Waals surface area contributed by atoms with Crippen LogP contribution in [0.3, 0.4) is 0 Å². The molecule has 23 heavy (non-hydrogen) atoms. The maximum Gasteiger partial charge on any atom is 0.240 e. The topological polar surface area (TPSA) is 89.9 Å². The van der Waals surface area contributed by atoms with Crippen molar-refractivity contribution in [3.05, 3.63) is 42.9 Å². The Kier molecular flexibility index (Phi) is 3.18. The van der Waals surface area contributed by atoms with Gasteiger partial charge in [-0.25, -0.2) is 14.6 Å². The van der Waals surface area contributed by atoms with E-state index in [1.165, 1.54) is 6.33 Å². The number of nitrogens with two attached hydrogens (primary N) is 1. The van der Waals surface area contributed by atoms with E-state index in [0.29, 0.717) is 0 Å². The number of anilines is 1. The molecule has 1 aliphatic heterocycles. The average molecular weight is 308 g/mol. The van der Waals surface area contributed by atoms with Crippen LogP contribution in [-0.4, -0.2) is 38.2 Å². The second-order valence-corrected chi connectivity index (χ2v) is 5.58. The van der Waals surface area contributed by atoms with Gasteiger partial charge in [0.15, 0.2) is 5.65 Å².